The maximum Gasteiger partial charge on any atom is 0.0528 e. The molecule has 1 nitrogen and oxygen atoms in total. The van der Waals surface area contributed by atoms with Gasteiger partial charge in [0.25, 0.3) is 0 Å². The number of aliphatic hydroxyl groups excluding tert-OH is 1. The third kappa shape index (κ3) is 1.98. The lowest BCUT2D eigenvalue weighted by molar-refractivity contribution is 0.00952. The maximum absolute atomic E-state index is 9.58. The molecule has 0 heterocycles. The van der Waals surface area contributed by atoms with Crippen molar-refractivity contribution in [3.63, 3.8) is 0 Å². The number of halogens is 1. The first-order valence-corrected chi connectivity index (χ1v) is 6.14. The van der Waals surface area contributed by atoms with Crippen LogP contribution in [-0.4, -0.2) is 11.7 Å². The van der Waals surface area contributed by atoms with Crippen LogP contribution in [0.3, 0.4) is 0 Å². The minimum Gasteiger partial charge on any atom is -0.395 e. The summed E-state index contributed by atoms with van der Waals surface area (Å²) in [6, 6.07) is 8.35. The van der Waals surface area contributed by atoms with Crippen LogP contribution in [-0.2, 0) is 5.41 Å². The van der Waals surface area contributed by atoms with E-state index in [4.69, 9.17) is 0 Å². The van der Waals surface area contributed by atoms with E-state index in [9.17, 15) is 5.11 Å². The van der Waals surface area contributed by atoms with Gasteiger partial charge in [-0.2, -0.15) is 0 Å². The lowest BCUT2D eigenvalue weighted by atomic mass is 9.52. The Kier molecular flexibility index (Phi) is 2.68. The molecule has 0 saturated heterocycles. The maximum atomic E-state index is 9.58. The Labute approximate surface area is 99.6 Å². The van der Waals surface area contributed by atoms with E-state index >= 15 is 0 Å². The van der Waals surface area contributed by atoms with Gasteiger partial charge in [-0.1, -0.05) is 41.9 Å². The summed E-state index contributed by atoms with van der Waals surface area (Å²) in [4.78, 5) is 0. The molecule has 15 heavy (non-hydrogen) atoms. The van der Waals surface area contributed by atoms with E-state index in [-0.39, 0.29) is 12.0 Å². The molecule has 1 aromatic carbocycles. The van der Waals surface area contributed by atoms with Crippen LogP contribution < -0.4 is 0 Å². The van der Waals surface area contributed by atoms with Crippen molar-refractivity contribution in [2.75, 3.05) is 6.61 Å². The summed E-state index contributed by atoms with van der Waals surface area (Å²) in [5.41, 5.74) is 1.67. The molecule has 0 aromatic heterocycles. The zero-order valence-corrected chi connectivity index (χ0v) is 10.8. The molecule has 0 amide bonds. The highest BCUT2D eigenvalue weighted by atomic mass is 79.9. The molecule has 0 bridgehead atoms. The lowest BCUT2D eigenvalue weighted by Crippen LogP contribution is -2.49. The standard InChI is InChI=1S/C13H17BrO/c1-12(2)7-13(8-12,9-15)10-3-5-11(14)6-4-10/h3-6,15H,7-9H2,1-2H3. The van der Waals surface area contributed by atoms with Gasteiger partial charge in [0.2, 0.25) is 0 Å². The van der Waals surface area contributed by atoms with Crippen LogP contribution in [0.15, 0.2) is 28.7 Å². The van der Waals surface area contributed by atoms with Gasteiger partial charge in [0.1, 0.15) is 0 Å². The monoisotopic (exact) mass is 268 g/mol. The van der Waals surface area contributed by atoms with E-state index < -0.39 is 0 Å². The van der Waals surface area contributed by atoms with Gasteiger partial charge in [-0.25, -0.2) is 0 Å². The van der Waals surface area contributed by atoms with Crippen LogP contribution in [0.4, 0.5) is 0 Å². The molecule has 0 spiro atoms. The average Bonchev–Trinajstić information content (AvgIpc) is 2.14. The Morgan fingerprint density at radius 3 is 2.13 bits per heavy atom. The molecule has 0 atom stereocenters. The van der Waals surface area contributed by atoms with Gasteiger partial charge in [0.15, 0.2) is 0 Å². The molecule has 82 valence electrons. The summed E-state index contributed by atoms with van der Waals surface area (Å²) < 4.78 is 1.10. The van der Waals surface area contributed by atoms with E-state index in [0.717, 1.165) is 17.3 Å². The largest absolute Gasteiger partial charge is 0.395 e. The molecule has 0 radical (unpaired) electrons. The summed E-state index contributed by atoms with van der Waals surface area (Å²) >= 11 is 3.43. The van der Waals surface area contributed by atoms with Crippen molar-refractivity contribution >= 4 is 15.9 Å². The van der Waals surface area contributed by atoms with Gasteiger partial charge in [-0.15, -0.1) is 0 Å². The van der Waals surface area contributed by atoms with Crippen LogP contribution in [0, 0.1) is 5.41 Å². The third-order valence-corrected chi connectivity index (χ3v) is 3.92. The summed E-state index contributed by atoms with van der Waals surface area (Å²) in [5.74, 6) is 0. The van der Waals surface area contributed by atoms with Gasteiger partial charge in [-0.3, -0.25) is 0 Å². The molecule has 1 aromatic rings. The second-order valence-corrected chi connectivity index (χ2v) is 6.38. The van der Waals surface area contributed by atoms with Crippen molar-refractivity contribution in [2.45, 2.75) is 32.1 Å². The second kappa shape index (κ2) is 3.60. The Balaban J connectivity index is 2.25. The first-order chi connectivity index (χ1) is 6.97. The van der Waals surface area contributed by atoms with Crippen LogP contribution >= 0.6 is 15.9 Å². The van der Waals surface area contributed by atoms with E-state index in [1.807, 2.05) is 0 Å². The molecule has 0 unspecified atom stereocenters. The van der Waals surface area contributed by atoms with Crippen molar-refractivity contribution in [1.29, 1.82) is 0 Å². The van der Waals surface area contributed by atoms with E-state index in [0.29, 0.717) is 5.41 Å². The van der Waals surface area contributed by atoms with E-state index in [2.05, 4.69) is 54.0 Å². The molecule has 0 aliphatic heterocycles. The minimum absolute atomic E-state index is 0.0181. The molecule has 1 N–H and O–H groups in total. The molecular weight excluding hydrogens is 252 g/mol. The van der Waals surface area contributed by atoms with Gasteiger partial charge < -0.3 is 5.11 Å². The van der Waals surface area contributed by atoms with Crippen molar-refractivity contribution in [2.24, 2.45) is 5.41 Å². The van der Waals surface area contributed by atoms with Gasteiger partial charge in [0.05, 0.1) is 6.61 Å². The fourth-order valence-electron chi connectivity index (χ4n) is 2.99. The van der Waals surface area contributed by atoms with Crippen LogP contribution in [0.1, 0.15) is 32.3 Å². The third-order valence-electron chi connectivity index (χ3n) is 3.39. The van der Waals surface area contributed by atoms with Gasteiger partial charge in [-0.05, 0) is 36.0 Å². The molecule has 1 saturated carbocycles. The first-order valence-electron chi connectivity index (χ1n) is 5.34. The van der Waals surface area contributed by atoms with Crippen molar-refractivity contribution in [3.05, 3.63) is 34.3 Å². The minimum atomic E-state index is 0.0181. The summed E-state index contributed by atoms with van der Waals surface area (Å²) in [7, 11) is 0. The highest BCUT2D eigenvalue weighted by molar-refractivity contribution is 9.10. The number of hydrogen-bond acceptors (Lipinski definition) is 1. The van der Waals surface area contributed by atoms with Gasteiger partial charge >= 0.3 is 0 Å². The van der Waals surface area contributed by atoms with Crippen LogP contribution in [0.25, 0.3) is 0 Å². The van der Waals surface area contributed by atoms with E-state index in [1.165, 1.54) is 5.56 Å². The van der Waals surface area contributed by atoms with Crippen molar-refractivity contribution in [1.82, 2.24) is 0 Å². The van der Waals surface area contributed by atoms with Crippen LogP contribution in [0.2, 0.25) is 0 Å². The molecule has 2 rings (SSSR count). The highest BCUT2D eigenvalue weighted by Gasteiger charge is 2.49. The summed E-state index contributed by atoms with van der Waals surface area (Å²) in [6.07, 6.45) is 2.16. The zero-order chi connectivity index (χ0) is 11.1. The molecule has 1 aliphatic rings. The number of hydrogen-bond donors (Lipinski definition) is 1. The Morgan fingerprint density at radius 2 is 1.73 bits per heavy atom. The Morgan fingerprint density at radius 1 is 1.20 bits per heavy atom. The molecule has 1 fully saturated rings. The predicted octanol–water partition coefficient (Wildman–Crippen LogP) is 3.50. The lowest BCUT2D eigenvalue weighted by Gasteiger charge is -2.53. The number of aliphatic hydroxyl groups is 1. The highest BCUT2D eigenvalue weighted by Crippen LogP contribution is 2.55. The SMILES string of the molecule is CC1(C)CC(CO)(c2ccc(Br)cc2)C1. The predicted molar refractivity (Wildman–Crippen MR) is 65.9 cm³/mol. The topological polar surface area (TPSA) is 20.2 Å². The first kappa shape index (κ1) is 11.2. The Hall–Kier alpha value is -0.340. The van der Waals surface area contributed by atoms with Crippen LogP contribution in [0.5, 0.6) is 0 Å². The van der Waals surface area contributed by atoms with Gasteiger partial charge in [0, 0.05) is 9.89 Å². The Bertz CT molecular complexity index is 345. The van der Waals surface area contributed by atoms with E-state index in [1.54, 1.807) is 0 Å². The normalized spacial score (nSPS) is 22.1. The molecule has 2 heteroatoms. The smallest absolute Gasteiger partial charge is 0.0528 e. The number of benzene rings is 1. The summed E-state index contributed by atoms with van der Waals surface area (Å²) in [6.45, 7) is 4.79. The molecular formula is C13H17BrO. The van der Waals surface area contributed by atoms with Crippen molar-refractivity contribution < 1.29 is 5.11 Å². The zero-order valence-electron chi connectivity index (χ0n) is 9.26. The second-order valence-electron chi connectivity index (χ2n) is 5.46. The molecule has 1 aliphatic carbocycles. The summed E-state index contributed by atoms with van der Waals surface area (Å²) in [5, 5.41) is 9.58. The fourth-order valence-corrected chi connectivity index (χ4v) is 3.26. The van der Waals surface area contributed by atoms with Crippen molar-refractivity contribution in [3.8, 4) is 0 Å². The average molecular weight is 269 g/mol. The quantitative estimate of drug-likeness (QED) is 0.871. The fraction of sp³-hybridized carbons (Fsp3) is 0.538. The number of rotatable bonds is 2.